The molecule has 3 nitrogen and oxygen atoms in total. The normalized spacial score (nSPS) is 20.6. The summed E-state index contributed by atoms with van der Waals surface area (Å²) in [4.78, 5) is 6.94. The van der Waals surface area contributed by atoms with Gasteiger partial charge in [0.05, 0.1) is 12.7 Å². The van der Waals surface area contributed by atoms with E-state index < -0.39 is 0 Å². The van der Waals surface area contributed by atoms with Gasteiger partial charge in [0, 0.05) is 11.5 Å². The van der Waals surface area contributed by atoms with Crippen LogP contribution in [0.5, 0.6) is 0 Å². The molecule has 1 unspecified atom stereocenters. The van der Waals surface area contributed by atoms with Crippen LogP contribution in [0.4, 0.5) is 0 Å². The predicted octanol–water partition coefficient (Wildman–Crippen LogP) is 4.37. The average molecular weight is 290 g/mol. The van der Waals surface area contributed by atoms with Crippen LogP contribution < -0.4 is 0 Å². The van der Waals surface area contributed by atoms with Gasteiger partial charge >= 0.3 is 0 Å². The highest BCUT2D eigenvalue weighted by atomic mass is 32.1. The zero-order valence-corrected chi connectivity index (χ0v) is 13.2. The van der Waals surface area contributed by atoms with E-state index in [2.05, 4.69) is 47.5 Å². The fourth-order valence-electron chi connectivity index (χ4n) is 2.76. The molecule has 0 radical (unpaired) electrons. The Morgan fingerprint density at radius 1 is 1.45 bits per heavy atom. The van der Waals surface area contributed by atoms with E-state index in [4.69, 9.17) is 4.42 Å². The standard InChI is InChI=1S/C16H22N2OS/c1-16(2,3)14-9-17-15(19-14)10-18-7-4-5-13(18)12-6-8-20-11-12/h6,8-9,11,13H,4-5,7,10H2,1-3H3. The van der Waals surface area contributed by atoms with E-state index in [-0.39, 0.29) is 5.41 Å². The van der Waals surface area contributed by atoms with Gasteiger partial charge in [0.1, 0.15) is 5.76 Å². The van der Waals surface area contributed by atoms with Crippen LogP contribution in [0.15, 0.2) is 27.4 Å². The SMILES string of the molecule is CC(C)(C)c1cnc(CN2CCCC2c2ccsc2)o1. The molecule has 0 bridgehead atoms. The maximum absolute atomic E-state index is 5.93. The molecule has 0 aliphatic carbocycles. The molecule has 4 heteroatoms. The summed E-state index contributed by atoms with van der Waals surface area (Å²) in [5.74, 6) is 1.82. The minimum Gasteiger partial charge on any atom is -0.444 e. The van der Waals surface area contributed by atoms with Crippen molar-refractivity contribution in [3.63, 3.8) is 0 Å². The minimum atomic E-state index is 0.0308. The first-order valence-electron chi connectivity index (χ1n) is 7.25. The summed E-state index contributed by atoms with van der Waals surface area (Å²) in [6, 6.07) is 2.77. The molecule has 0 amide bonds. The molecule has 108 valence electrons. The maximum Gasteiger partial charge on any atom is 0.208 e. The smallest absolute Gasteiger partial charge is 0.208 e. The van der Waals surface area contributed by atoms with Crippen LogP contribution in [0.3, 0.4) is 0 Å². The second kappa shape index (κ2) is 5.34. The van der Waals surface area contributed by atoms with E-state index in [1.165, 1.54) is 18.4 Å². The van der Waals surface area contributed by atoms with Crippen molar-refractivity contribution in [2.45, 2.75) is 51.6 Å². The number of rotatable bonds is 3. The quantitative estimate of drug-likeness (QED) is 0.840. The molecule has 1 atom stereocenters. The molecule has 0 saturated carbocycles. The summed E-state index contributed by atoms with van der Waals surface area (Å²) in [6.45, 7) is 8.41. The van der Waals surface area contributed by atoms with Crippen molar-refractivity contribution in [1.82, 2.24) is 9.88 Å². The van der Waals surface area contributed by atoms with E-state index in [9.17, 15) is 0 Å². The molecule has 2 aromatic rings. The maximum atomic E-state index is 5.93. The zero-order valence-electron chi connectivity index (χ0n) is 12.4. The molecular formula is C16H22N2OS. The lowest BCUT2D eigenvalue weighted by Crippen LogP contribution is -2.22. The summed E-state index contributed by atoms with van der Waals surface area (Å²) in [5, 5.41) is 4.42. The van der Waals surface area contributed by atoms with E-state index in [0.717, 1.165) is 24.7 Å². The van der Waals surface area contributed by atoms with E-state index in [1.54, 1.807) is 11.3 Å². The van der Waals surface area contributed by atoms with Gasteiger partial charge in [-0.1, -0.05) is 20.8 Å². The molecule has 20 heavy (non-hydrogen) atoms. The van der Waals surface area contributed by atoms with Gasteiger partial charge in [-0.15, -0.1) is 0 Å². The molecule has 0 N–H and O–H groups in total. The van der Waals surface area contributed by atoms with Gasteiger partial charge in [0.2, 0.25) is 5.89 Å². The number of oxazole rings is 1. The van der Waals surface area contributed by atoms with E-state index >= 15 is 0 Å². The van der Waals surface area contributed by atoms with Gasteiger partial charge in [0.25, 0.3) is 0 Å². The topological polar surface area (TPSA) is 29.3 Å². The van der Waals surface area contributed by atoms with Crippen LogP contribution in [-0.4, -0.2) is 16.4 Å². The number of nitrogens with zero attached hydrogens (tertiary/aromatic N) is 2. The molecule has 3 heterocycles. The van der Waals surface area contributed by atoms with Gasteiger partial charge in [0.15, 0.2) is 0 Å². The van der Waals surface area contributed by atoms with Crippen molar-refractivity contribution in [1.29, 1.82) is 0 Å². The van der Waals surface area contributed by atoms with E-state index in [0.29, 0.717) is 6.04 Å². The molecule has 0 spiro atoms. The first kappa shape index (κ1) is 13.8. The van der Waals surface area contributed by atoms with Gasteiger partial charge < -0.3 is 4.42 Å². The molecular weight excluding hydrogens is 268 g/mol. The lowest BCUT2D eigenvalue weighted by Gasteiger charge is -2.22. The van der Waals surface area contributed by atoms with Gasteiger partial charge in [-0.2, -0.15) is 11.3 Å². The summed E-state index contributed by atoms with van der Waals surface area (Å²) in [5.41, 5.74) is 1.47. The summed E-state index contributed by atoms with van der Waals surface area (Å²) >= 11 is 1.78. The van der Waals surface area contributed by atoms with Gasteiger partial charge in [-0.25, -0.2) is 4.98 Å². The van der Waals surface area contributed by atoms with Crippen molar-refractivity contribution in [2.24, 2.45) is 0 Å². The Hall–Kier alpha value is -1.13. The van der Waals surface area contributed by atoms with Crippen molar-refractivity contribution in [2.75, 3.05) is 6.54 Å². The molecule has 1 aliphatic rings. The Bertz CT molecular complexity index is 553. The number of hydrogen-bond acceptors (Lipinski definition) is 4. The monoisotopic (exact) mass is 290 g/mol. The Morgan fingerprint density at radius 2 is 2.30 bits per heavy atom. The molecule has 1 aliphatic heterocycles. The third kappa shape index (κ3) is 2.81. The predicted molar refractivity (Wildman–Crippen MR) is 81.9 cm³/mol. The second-order valence-corrected chi connectivity index (χ2v) is 7.33. The summed E-state index contributed by atoms with van der Waals surface area (Å²) < 4.78 is 5.93. The Morgan fingerprint density at radius 3 is 2.95 bits per heavy atom. The van der Waals surface area contributed by atoms with Crippen molar-refractivity contribution < 1.29 is 4.42 Å². The summed E-state index contributed by atoms with van der Waals surface area (Å²) in [6.07, 6.45) is 4.38. The Labute approximate surface area is 124 Å². The van der Waals surface area contributed by atoms with Gasteiger partial charge in [-0.05, 0) is 41.8 Å². The number of hydrogen-bond donors (Lipinski definition) is 0. The van der Waals surface area contributed by atoms with Gasteiger partial charge in [-0.3, -0.25) is 4.90 Å². The average Bonchev–Trinajstić information content (AvgIpc) is 3.08. The van der Waals surface area contributed by atoms with Crippen LogP contribution in [0, 0.1) is 0 Å². The highest BCUT2D eigenvalue weighted by Crippen LogP contribution is 2.34. The third-order valence-electron chi connectivity index (χ3n) is 3.92. The molecule has 1 fully saturated rings. The first-order valence-corrected chi connectivity index (χ1v) is 8.19. The molecule has 3 rings (SSSR count). The van der Waals surface area contributed by atoms with Crippen molar-refractivity contribution in [3.8, 4) is 0 Å². The lowest BCUT2D eigenvalue weighted by atomic mass is 9.94. The second-order valence-electron chi connectivity index (χ2n) is 6.55. The Balaban J connectivity index is 1.72. The molecule has 1 saturated heterocycles. The third-order valence-corrected chi connectivity index (χ3v) is 4.62. The van der Waals surface area contributed by atoms with Crippen LogP contribution in [0.25, 0.3) is 0 Å². The fraction of sp³-hybridized carbons (Fsp3) is 0.562. The van der Waals surface area contributed by atoms with Crippen molar-refractivity contribution >= 4 is 11.3 Å². The summed E-state index contributed by atoms with van der Waals surface area (Å²) in [7, 11) is 0. The first-order chi connectivity index (χ1) is 9.54. The number of likely N-dealkylation sites (tertiary alicyclic amines) is 1. The fourth-order valence-corrected chi connectivity index (χ4v) is 3.47. The highest BCUT2D eigenvalue weighted by Gasteiger charge is 2.28. The van der Waals surface area contributed by atoms with Crippen molar-refractivity contribution in [3.05, 3.63) is 40.2 Å². The molecule has 2 aromatic heterocycles. The number of aromatic nitrogens is 1. The minimum absolute atomic E-state index is 0.0308. The lowest BCUT2D eigenvalue weighted by molar-refractivity contribution is 0.218. The van der Waals surface area contributed by atoms with Crippen LogP contribution in [0.2, 0.25) is 0 Å². The Kier molecular flexibility index (Phi) is 3.69. The van der Waals surface area contributed by atoms with E-state index in [1.807, 2.05) is 6.20 Å². The van der Waals surface area contributed by atoms with Crippen LogP contribution >= 0.6 is 11.3 Å². The largest absolute Gasteiger partial charge is 0.444 e. The zero-order chi connectivity index (χ0) is 14.2. The number of thiophene rings is 1. The van der Waals surface area contributed by atoms with Crippen LogP contribution in [0.1, 0.15) is 56.9 Å². The molecule has 0 aromatic carbocycles. The highest BCUT2D eigenvalue weighted by molar-refractivity contribution is 7.07. The van der Waals surface area contributed by atoms with Crippen LogP contribution in [-0.2, 0) is 12.0 Å².